The van der Waals surface area contributed by atoms with Gasteiger partial charge >= 0.3 is 5.97 Å². The minimum Gasteiger partial charge on any atom is -0.493 e. The number of carbonyl (C=O) groups is 1. The van der Waals surface area contributed by atoms with E-state index in [2.05, 4.69) is 6.07 Å². The lowest BCUT2D eigenvalue weighted by Crippen LogP contribution is -2.21. The van der Waals surface area contributed by atoms with Crippen LogP contribution in [0.3, 0.4) is 0 Å². The SMILES string of the molecule is CCOc1cc(C2C(C#N)=C(N)Oc3cc(OC(=O)c4cc(OC)c(OC)c(OC)c4)ccc32)ccc1OCc1ccc(Cl)cc1. The summed E-state index contributed by atoms with van der Waals surface area (Å²) in [6, 6.07) is 22.9. The van der Waals surface area contributed by atoms with Crippen LogP contribution in [0.15, 0.2) is 84.3 Å². The van der Waals surface area contributed by atoms with Crippen LogP contribution in [-0.4, -0.2) is 33.9 Å². The van der Waals surface area contributed by atoms with Gasteiger partial charge in [-0.2, -0.15) is 5.26 Å². The largest absolute Gasteiger partial charge is 0.493 e. The van der Waals surface area contributed by atoms with E-state index in [0.717, 1.165) is 11.1 Å². The van der Waals surface area contributed by atoms with E-state index in [1.165, 1.54) is 33.5 Å². The number of nitrogens with zero attached hydrogens (tertiary/aromatic N) is 1. The van der Waals surface area contributed by atoms with Crippen LogP contribution in [0.5, 0.6) is 40.2 Å². The molecule has 4 aromatic rings. The minimum absolute atomic E-state index is 0.0610. The van der Waals surface area contributed by atoms with Crippen molar-refractivity contribution in [2.45, 2.75) is 19.4 Å². The summed E-state index contributed by atoms with van der Waals surface area (Å²) in [7, 11) is 4.38. The maximum absolute atomic E-state index is 13.1. The summed E-state index contributed by atoms with van der Waals surface area (Å²) >= 11 is 6.00. The van der Waals surface area contributed by atoms with Gasteiger partial charge in [-0.25, -0.2) is 4.79 Å². The fraction of sp³-hybridized carbons (Fsp3) is 0.200. The molecule has 0 amide bonds. The van der Waals surface area contributed by atoms with Crippen LogP contribution >= 0.6 is 11.6 Å². The zero-order valence-corrected chi connectivity index (χ0v) is 26.3. The highest BCUT2D eigenvalue weighted by atomic mass is 35.5. The third-order valence-corrected chi connectivity index (χ3v) is 7.46. The Morgan fingerprint density at radius 2 is 1.61 bits per heavy atom. The standard InChI is InChI=1S/C35H31ClN2O8/c1-5-43-29-14-21(8-13-27(29)44-19-20-6-9-23(36)10-7-20)32-25-12-11-24(17-28(25)46-34(38)26(32)18-37)45-35(39)22-15-30(40-2)33(42-4)31(16-22)41-3/h6-17,32H,5,19,38H2,1-4H3. The van der Waals surface area contributed by atoms with Crippen molar-refractivity contribution in [1.82, 2.24) is 0 Å². The summed E-state index contributed by atoms with van der Waals surface area (Å²) in [5.41, 5.74) is 8.97. The van der Waals surface area contributed by atoms with Gasteiger partial charge in [-0.15, -0.1) is 0 Å². The number of allylic oxidation sites excluding steroid dienone is 1. The van der Waals surface area contributed by atoms with Crippen LogP contribution in [0.1, 0.15) is 39.9 Å². The lowest BCUT2D eigenvalue weighted by Gasteiger charge is -2.27. The fourth-order valence-electron chi connectivity index (χ4n) is 5.04. The molecule has 1 unspecified atom stereocenters. The molecule has 2 N–H and O–H groups in total. The average molecular weight is 643 g/mol. The van der Waals surface area contributed by atoms with Gasteiger partial charge in [-0.3, -0.25) is 0 Å². The van der Waals surface area contributed by atoms with Crippen LogP contribution in [-0.2, 0) is 6.61 Å². The Balaban J connectivity index is 1.44. The molecular weight excluding hydrogens is 612 g/mol. The smallest absolute Gasteiger partial charge is 0.343 e. The molecule has 0 saturated heterocycles. The number of nitriles is 1. The summed E-state index contributed by atoms with van der Waals surface area (Å²) in [6.07, 6.45) is 0. The first-order valence-corrected chi connectivity index (χ1v) is 14.6. The molecular formula is C35H31ClN2O8. The summed E-state index contributed by atoms with van der Waals surface area (Å²) in [4.78, 5) is 13.1. The summed E-state index contributed by atoms with van der Waals surface area (Å²) in [5, 5.41) is 10.7. The van der Waals surface area contributed by atoms with Gasteiger partial charge in [0.05, 0.1) is 39.4 Å². The first-order chi connectivity index (χ1) is 22.3. The Hall–Kier alpha value is -5.53. The Kier molecular flexibility index (Phi) is 9.74. The lowest BCUT2D eigenvalue weighted by molar-refractivity contribution is 0.0733. The second-order valence-corrected chi connectivity index (χ2v) is 10.4. The van der Waals surface area contributed by atoms with Crippen molar-refractivity contribution in [1.29, 1.82) is 5.26 Å². The predicted molar refractivity (Wildman–Crippen MR) is 170 cm³/mol. The number of nitrogens with two attached hydrogens (primary N) is 1. The molecule has 0 fully saturated rings. The van der Waals surface area contributed by atoms with Crippen LogP contribution in [0, 0.1) is 11.3 Å². The molecule has 0 saturated carbocycles. The van der Waals surface area contributed by atoms with E-state index in [0.29, 0.717) is 58.3 Å². The van der Waals surface area contributed by atoms with Crippen LogP contribution in [0.2, 0.25) is 5.02 Å². The molecule has 1 aliphatic heterocycles. The fourth-order valence-corrected chi connectivity index (χ4v) is 5.17. The van der Waals surface area contributed by atoms with Gasteiger partial charge in [0.15, 0.2) is 23.0 Å². The maximum atomic E-state index is 13.1. The summed E-state index contributed by atoms with van der Waals surface area (Å²) in [5.74, 6) is 1.23. The second-order valence-electron chi connectivity index (χ2n) is 9.98. The molecule has 0 bridgehead atoms. The number of hydrogen-bond acceptors (Lipinski definition) is 10. The van der Waals surface area contributed by atoms with Gasteiger partial charge in [0.1, 0.15) is 29.7 Å². The van der Waals surface area contributed by atoms with E-state index in [9.17, 15) is 10.1 Å². The van der Waals surface area contributed by atoms with Gasteiger partial charge in [0.2, 0.25) is 11.6 Å². The van der Waals surface area contributed by atoms with Crippen molar-refractivity contribution in [3.63, 3.8) is 0 Å². The van der Waals surface area contributed by atoms with Crippen molar-refractivity contribution in [2.24, 2.45) is 5.73 Å². The Labute approximate surface area is 271 Å². The number of esters is 1. The number of benzene rings is 4. The molecule has 0 aromatic heterocycles. The van der Waals surface area contributed by atoms with E-state index in [4.69, 9.17) is 50.5 Å². The molecule has 4 aromatic carbocycles. The highest BCUT2D eigenvalue weighted by Gasteiger charge is 2.32. The van der Waals surface area contributed by atoms with Gasteiger partial charge < -0.3 is 38.9 Å². The number of carbonyl (C=O) groups excluding carboxylic acids is 1. The highest BCUT2D eigenvalue weighted by molar-refractivity contribution is 6.30. The van der Waals surface area contributed by atoms with Crippen molar-refractivity contribution in [2.75, 3.05) is 27.9 Å². The van der Waals surface area contributed by atoms with Crippen LogP contribution in [0.4, 0.5) is 0 Å². The zero-order chi connectivity index (χ0) is 32.8. The zero-order valence-electron chi connectivity index (χ0n) is 25.6. The molecule has 1 atom stereocenters. The lowest BCUT2D eigenvalue weighted by atomic mass is 9.83. The van der Waals surface area contributed by atoms with E-state index < -0.39 is 11.9 Å². The second kappa shape index (κ2) is 14.1. The molecule has 0 aliphatic carbocycles. The van der Waals surface area contributed by atoms with E-state index >= 15 is 0 Å². The molecule has 11 heteroatoms. The molecule has 10 nitrogen and oxygen atoms in total. The van der Waals surface area contributed by atoms with Crippen molar-refractivity contribution < 1.29 is 38.0 Å². The third-order valence-electron chi connectivity index (χ3n) is 7.21. The van der Waals surface area contributed by atoms with E-state index in [1.807, 2.05) is 31.2 Å². The topological polar surface area (TPSA) is 131 Å². The highest BCUT2D eigenvalue weighted by Crippen LogP contribution is 2.45. The number of rotatable bonds is 11. The maximum Gasteiger partial charge on any atom is 0.343 e. The summed E-state index contributed by atoms with van der Waals surface area (Å²) in [6.45, 7) is 2.58. The predicted octanol–water partition coefficient (Wildman–Crippen LogP) is 6.78. The van der Waals surface area contributed by atoms with Gasteiger partial charge in [0, 0.05) is 16.7 Å². The molecule has 1 heterocycles. The quantitative estimate of drug-likeness (QED) is 0.138. The first-order valence-electron chi connectivity index (χ1n) is 14.2. The van der Waals surface area contributed by atoms with Crippen molar-refractivity contribution >= 4 is 17.6 Å². The Morgan fingerprint density at radius 3 is 2.24 bits per heavy atom. The number of methoxy groups -OCH3 is 3. The molecule has 0 radical (unpaired) electrons. The van der Waals surface area contributed by atoms with E-state index in [1.54, 1.807) is 36.4 Å². The summed E-state index contributed by atoms with van der Waals surface area (Å²) < 4.78 is 39.5. The third kappa shape index (κ3) is 6.60. The average Bonchev–Trinajstić information content (AvgIpc) is 3.07. The normalized spacial score (nSPS) is 13.5. The number of halogens is 1. The van der Waals surface area contributed by atoms with Crippen molar-refractivity contribution in [3.8, 4) is 46.3 Å². The molecule has 5 rings (SSSR count). The molecule has 236 valence electrons. The number of ether oxygens (including phenoxy) is 7. The molecule has 0 spiro atoms. The first kappa shape index (κ1) is 31.9. The monoisotopic (exact) mass is 642 g/mol. The van der Waals surface area contributed by atoms with Crippen molar-refractivity contribution in [3.05, 3.63) is 112 Å². The van der Waals surface area contributed by atoms with Crippen LogP contribution < -0.4 is 38.9 Å². The minimum atomic E-state index is -0.664. The van der Waals surface area contributed by atoms with E-state index in [-0.39, 0.29) is 22.8 Å². The number of hydrogen-bond donors (Lipinski definition) is 1. The van der Waals surface area contributed by atoms with Crippen LogP contribution in [0.25, 0.3) is 0 Å². The molecule has 1 aliphatic rings. The Bertz CT molecular complexity index is 1810. The van der Waals surface area contributed by atoms with Gasteiger partial charge in [0.25, 0.3) is 0 Å². The van der Waals surface area contributed by atoms with Gasteiger partial charge in [-0.05, 0) is 60.5 Å². The Morgan fingerprint density at radius 1 is 0.891 bits per heavy atom. The number of fused-ring (bicyclic) bond motifs is 1. The molecule has 46 heavy (non-hydrogen) atoms. The van der Waals surface area contributed by atoms with Gasteiger partial charge in [-0.1, -0.05) is 35.9 Å².